The van der Waals surface area contributed by atoms with E-state index in [9.17, 15) is 14.7 Å². The summed E-state index contributed by atoms with van der Waals surface area (Å²) in [5.41, 5.74) is 8.65. The summed E-state index contributed by atoms with van der Waals surface area (Å²) in [5.74, 6) is -0.00389. The van der Waals surface area contributed by atoms with E-state index in [0.29, 0.717) is 18.0 Å². The van der Waals surface area contributed by atoms with Crippen molar-refractivity contribution in [3.05, 3.63) is 51.4 Å². The summed E-state index contributed by atoms with van der Waals surface area (Å²) in [5, 5.41) is 12.8. The second-order valence-corrected chi connectivity index (χ2v) is 5.36. The Bertz CT molecular complexity index is 657. The molecule has 6 heteroatoms. The first-order valence-electron chi connectivity index (χ1n) is 6.98. The quantitative estimate of drug-likeness (QED) is 0.517. The first kappa shape index (κ1) is 17.5. The van der Waals surface area contributed by atoms with E-state index in [4.69, 9.17) is 5.53 Å². The van der Waals surface area contributed by atoms with Gasteiger partial charge in [0.1, 0.15) is 5.75 Å². The summed E-state index contributed by atoms with van der Waals surface area (Å²) >= 11 is 0. The summed E-state index contributed by atoms with van der Waals surface area (Å²) < 4.78 is 0. The van der Waals surface area contributed by atoms with E-state index in [2.05, 4.69) is 23.9 Å². The van der Waals surface area contributed by atoms with Crippen LogP contribution in [0.2, 0.25) is 0 Å². The molecule has 0 unspecified atom stereocenters. The minimum absolute atomic E-state index is 0.114. The van der Waals surface area contributed by atoms with Crippen LogP contribution in [0.1, 0.15) is 47.9 Å². The first-order valence-corrected chi connectivity index (χ1v) is 6.98. The number of fused-ring (bicyclic) bond motifs is 1. The number of ketones is 2. The van der Waals surface area contributed by atoms with Crippen molar-refractivity contribution >= 4 is 11.6 Å². The zero-order valence-corrected chi connectivity index (χ0v) is 12.9. The van der Waals surface area contributed by atoms with Gasteiger partial charge in [0, 0.05) is 22.6 Å². The number of carbonyl (C=O) groups excluding carboxylic acids is 2. The molecule has 2 rings (SSSR count). The van der Waals surface area contributed by atoms with Crippen LogP contribution in [0.15, 0.2) is 35.0 Å². The second-order valence-electron chi connectivity index (χ2n) is 5.36. The van der Waals surface area contributed by atoms with Gasteiger partial charge >= 0.3 is 0 Å². The molecular weight excluding hydrogens is 282 g/mol. The molecule has 22 heavy (non-hydrogen) atoms. The van der Waals surface area contributed by atoms with Crippen LogP contribution >= 0.6 is 0 Å². The van der Waals surface area contributed by atoms with E-state index >= 15 is 0 Å². The minimum atomic E-state index is -0.310. The Labute approximate surface area is 129 Å². The van der Waals surface area contributed by atoms with Crippen LogP contribution in [0.25, 0.3) is 10.4 Å². The smallest absolute Gasteiger partial charge is 0.190 e. The molecule has 1 aromatic carbocycles. The number of azide groups is 1. The summed E-state index contributed by atoms with van der Waals surface area (Å²) in [4.78, 5) is 25.7. The van der Waals surface area contributed by atoms with Gasteiger partial charge in [0.05, 0.1) is 5.56 Å². The van der Waals surface area contributed by atoms with Crippen LogP contribution in [-0.2, 0) is 0 Å². The zero-order chi connectivity index (χ0) is 16.7. The fourth-order valence-corrected chi connectivity index (χ4v) is 1.90. The summed E-state index contributed by atoms with van der Waals surface area (Å²) in [7, 11) is 0. The van der Waals surface area contributed by atoms with Gasteiger partial charge < -0.3 is 5.11 Å². The molecule has 0 heterocycles. The predicted molar refractivity (Wildman–Crippen MR) is 84.0 cm³/mol. The second kappa shape index (κ2) is 8.00. The SMILES string of the molecule is CC(C)CCN=[N+]=[N-].CC1=CC(=O)c2c(O)cccc2C1=O. The molecule has 0 bridgehead atoms. The highest BCUT2D eigenvalue weighted by Crippen LogP contribution is 2.27. The van der Waals surface area contributed by atoms with Crippen LogP contribution in [0.4, 0.5) is 0 Å². The van der Waals surface area contributed by atoms with Gasteiger partial charge in [-0.05, 0) is 36.9 Å². The molecule has 1 aliphatic carbocycles. The molecule has 1 N–H and O–H groups in total. The third-order valence-electron chi connectivity index (χ3n) is 3.11. The monoisotopic (exact) mass is 301 g/mol. The highest BCUT2D eigenvalue weighted by molar-refractivity contribution is 6.25. The van der Waals surface area contributed by atoms with Crippen molar-refractivity contribution in [3.8, 4) is 5.75 Å². The molecule has 6 nitrogen and oxygen atoms in total. The summed E-state index contributed by atoms with van der Waals surface area (Å²) in [6.07, 6.45) is 2.24. The van der Waals surface area contributed by atoms with Gasteiger partial charge in [0.25, 0.3) is 0 Å². The maximum Gasteiger partial charge on any atom is 0.190 e. The van der Waals surface area contributed by atoms with Crippen molar-refractivity contribution in [2.24, 2.45) is 11.0 Å². The standard InChI is InChI=1S/C11H8O3.C5H11N3/c1-6-5-9(13)10-7(11(6)14)3-2-4-8(10)12;1-5(2)3-4-7-8-6/h2-5,12H,1H3;5H,3-4H2,1-2H3. The van der Waals surface area contributed by atoms with E-state index in [1.807, 2.05) is 0 Å². The third kappa shape index (κ3) is 4.46. The highest BCUT2D eigenvalue weighted by Gasteiger charge is 2.25. The maximum atomic E-state index is 11.6. The number of phenols is 1. The molecule has 0 aliphatic heterocycles. The van der Waals surface area contributed by atoms with Crippen molar-refractivity contribution in [2.75, 3.05) is 6.54 Å². The van der Waals surface area contributed by atoms with E-state index < -0.39 is 0 Å². The van der Waals surface area contributed by atoms with Gasteiger partial charge in [0.15, 0.2) is 11.6 Å². The molecule has 0 aromatic heterocycles. The molecular formula is C16H19N3O3. The molecule has 0 spiro atoms. The molecule has 0 saturated heterocycles. The Kier molecular flexibility index (Phi) is 6.35. The van der Waals surface area contributed by atoms with Gasteiger partial charge in [-0.3, -0.25) is 9.59 Å². The topological polar surface area (TPSA) is 103 Å². The summed E-state index contributed by atoms with van der Waals surface area (Å²) in [6, 6.07) is 4.50. The molecule has 0 radical (unpaired) electrons. The number of nitrogens with zero attached hydrogens (tertiary/aromatic N) is 3. The van der Waals surface area contributed by atoms with Crippen LogP contribution in [0.5, 0.6) is 5.75 Å². The van der Waals surface area contributed by atoms with Crippen LogP contribution in [-0.4, -0.2) is 23.2 Å². The van der Waals surface area contributed by atoms with Crippen LogP contribution < -0.4 is 0 Å². The Balaban J connectivity index is 0.000000261. The molecule has 0 amide bonds. The molecule has 0 atom stereocenters. The number of aromatic hydroxyl groups is 1. The number of benzene rings is 1. The zero-order valence-electron chi connectivity index (χ0n) is 12.9. The lowest BCUT2D eigenvalue weighted by Crippen LogP contribution is -2.15. The Morgan fingerprint density at radius 1 is 1.32 bits per heavy atom. The Morgan fingerprint density at radius 2 is 2.00 bits per heavy atom. The van der Waals surface area contributed by atoms with Gasteiger partial charge in [0.2, 0.25) is 0 Å². The number of hydrogen-bond acceptors (Lipinski definition) is 4. The molecule has 1 aromatic rings. The summed E-state index contributed by atoms with van der Waals surface area (Å²) in [6.45, 7) is 6.43. The molecule has 0 saturated carbocycles. The van der Waals surface area contributed by atoms with Crippen molar-refractivity contribution in [2.45, 2.75) is 27.2 Å². The lowest BCUT2D eigenvalue weighted by molar-refractivity contribution is 0.0982. The van der Waals surface area contributed by atoms with Gasteiger partial charge in [-0.1, -0.05) is 31.1 Å². The minimum Gasteiger partial charge on any atom is -0.507 e. The normalized spacial score (nSPS) is 12.8. The Hall–Kier alpha value is -2.59. The van der Waals surface area contributed by atoms with Crippen LogP contribution in [0, 0.1) is 5.92 Å². The fraction of sp³-hybridized carbons (Fsp3) is 0.375. The first-order chi connectivity index (χ1) is 10.4. The fourth-order valence-electron chi connectivity index (χ4n) is 1.90. The van der Waals surface area contributed by atoms with E-state index in [-0.39, 0.29) is 28.4 Å². The van der Waals surface area contributed by atoms with Crippen molar-refractivity contribution < 1.29 is 14.7 Å². The van der Waals surface area contributed by atoms with Crippen molar-refractivity contribution in [1.29, 1.82) is 0 Å². The number of allylic oxidation sites excluding steroid dienone is 2. The highest BCUT2D eigenvalue weighted by atomic mass is 16.3. The average molecular weight is 301 g/mol. The van der Waals surface area contributed by atoms with E-state index in [1.165, 1.54) is 12.1 Å². The Morgan fingerprint density at radius 3 is 2.59 bits per heavy atom. The largest absolute Gasteiger partial charge is 0.507 e. The number of rotatable bonds is 3. The number of phenolic OH excluding ortho intramolecular Hbond substituents is 1. The van der Waals surface area contributed by atoms with E-state index in [1.54, 1.807) is 19.1 Å². The van der Waals surface area contributed by atoms with Gasteiger partial charge in [-0.25, -0.2) is 0 Å². The number of carbonyl (C=O) groups is 2. The number of Topliss-reactive ketones (excluding diaryl/α,β-unsaturated/α-hetero) is 1. The predicted octanol–water partition coefficient (Wildman–Crippen LogP) is 4.06. The molecule has 1 aliphatic rings. The van der Waals surface area contributed by atoms with Crippen LogP contribution in [0.3, 0.4) is 0 Å². The average Bonchev–Trinajstić information content (AvgIpc) is 2.45. The molecule has 0 fully saturated rings. The van der Waals surface area contributed by atoms with Crippen molar-refractivity contribution in [1.82, 2.24) is 0 Å². The number of hydrogen-bond donors (Lipinski definition) is 1. The molecule has 116 valence electrons. The van der Waals surface area contributed by atoms with E-state index in [0.717, 1.165) is 6.42 Å². The van der Waals surface area contributed by atoms with Crippen molar-refractivity contribution in [3.63, 3.8) is 0 Å². The maximum absolute atomic E-state index is 11.6. The lowest BCUT2D eigenvalue weighted by atomic mass is 9.90. The lowest BCUT2D eigenvalue weighted by Gasteiger charge is -2.12. The third-order valence-corrected chi connectivity index (χ3v) is 3.11. The van der Waals surface area contributed by atoms with Gasteiger partial charge in [-0.15, -0.1) is 0 Å². The van der Waals surface area contributed by atoms with Gasteiger partial charge in [-0.2, -0.15) is 0 Å².